The molecule has 0 saturated heterocycles. The number of non-ortho nitro benzene ring substituents is 1. The van der Waals surface area contributed by atoms with E-state index in [0.717, 1.165) is 25.2 Å². The first-order chi connectivity index (χ1) is 10.6. The highest BCUT2D eigenvalue weighted by atomic mass is 35.5. The molecule has 0 radical (unpaired) electrons. The maximum atomic E-state index is 10.8. The zero-order valence-electron chi connectivity index (χ0n) is 12.0. The van der Waals surface area contributed by atoms with E-state index in [1.807, 2.05) is 12.1 Å². The van der Waals surface area contributed by atoms with Gasteiger partial charge in [0, 0.05) is 44.0 Å². The summed E-state index contributed by atoms with van der Waals surface area (Å²) in [5.74, 6) is 0. The number of nitro groups is 1. The van der Waals surface area contributed by atoms with Crippen molar-refractivity contribution in [2.45, 2.75) is 13.1 Å². The first-order valence-electron chi connectivity index (χ1n) is 7.11. The molecule has 1 N–H and O–H groups in total. The third kappa shape index (κ3) is 3.05. The molecule has 0 fully saturated rings. The number of rotatable bonds is 3. The van der Waals surface area contributed by atoms with Gasteiger partial charge in [-0.1, -0.05) is 29.8 Å². The minimum atomic E-state index is -0.430. The van der Waals surface area contributed by atoms with Crippen molar-refractivity contribution in [2.75, 3.05) is 18.0 Å². The van der Waals surface area contributed by atoms with Gasteiger partial charge >= 0.3 is 0 Å². The standard InChI is InChI=1S/C16H16ClN3O2/c17-15-9-14(20(21)22)6-5-13(15)11-19-8-7-18-10-12-3-1-2-4-16(12)19/h1-6,9,18H,7-8,10-11H2. The van der Waals surface area contributed by atoms with E-state index in [1.54, 1.807) is 6.07 Å². The van der Waals surface area contributed by atoms with Crippen LogP contribution in [0.15, 0.2) is 42.5 Å². The van der Waals surface area contributed by atoms with Gasteiger partial charge in [-0.3, -0.25) is 10.1 Å². The monoisotopic (exact) mass is 317 g/mol. The lowest BCUT2D eigenvalue weighted by molar-refractivity contribution is -0.384. The lowest BCUT2D eigenvalue weighted by Crippen LogP contribution is -2.28. The van der Waals surface area contributed by atoms with E-state index in [4.69, 9.17) is 11.6 Å². The molecule has 0 unspecified atom stereocenters. The molecule has 5 nitrogen and oxygen atoms in total. The van der Waals surface area contributed by atoms with Crippen molar-refractivity contribution in [3.63, 3.8) is 0 Å². The lowest BCUT2D eigenvalue weighted by Gasteiger charge is -2.25. The van der Waals surface area contributed by atoms with E-state index in [0.29, 0.717) is 11.6 Å². The summed E-state index contributed by atoms with van der Waals surface area (Å²) in [5.41, 5.74) is 3.34. The van der Waals surface area contributed by atoms with Crippen LogP contribution in [-0.4, -0.2) is 18.0 Å². The summed E-state index contributed by atoms with van der Waals surface area (Å²) in [4.78, 5) is 12.6. The normalized spacial score (nSPS) is 14.3. The molecule has 0 amide bonds. The fourth-order valence-corrected chi connectivity index (χ4v) is 2.91. The topological polar surface area (TPSA) is 58.4 Å². The number of nitrogens with zero attached hydrogens (tertiary/aromatic N) is 2. The molecule has 0 spiro atoms. The second-order valence-electron chi connectivity index (χ2n) is 5.26. The van der Waals surface area contributed by atoms with E-state index in [9.17, 15) is 10.1 Å². The van der Waals surface area contributed by atoms with Crippen molar-refractivity contribution in [3.05, 3.63) is 68.7 Å². The van der Waals surface area contributed by atoms with Crippen molar-refractivity contribution >= 4 is 23.0 Å². The first kappa shape index (κ1) is 14.8. The maximum absolute atomic E-state index is 10.8. The quantitative estimate of drug-likeness (QED) is 0.696. The van der Waals surface area contributed by atoms with Gasteiger partial charge in [0.1, 0.15) is 0 Å². The number of nitro benzene ring substituents is 1. The van der Waals surface area contributed by atoms with Gasteiger partial charge < -0.3 is 10.2 Å². The number of anilines is 1. The summed E-state index contributed by atoms with van der Waals surface area (Å²) in [6, 6.07) is 12.9. The van der Waals surface area contributed by atoms with Crippen LogP contribution >= 0.6 is 11.6 Å². The number of nitrogens with one attached hydrogen (secondary N) is 1. The number of fused-ring (bicyclic) bond motifs is 1. The first-order valence-corrected chi connectivity index (χ1v) is 7.49. The van der Waals surface area contributed by atoms with Crippen LogP contribution < -0.4 is 10.2 Å². The summed E-state index contributed by atoms with van der Waals surface area (Å²) in [6.07, 6.45) is 0. The Kier molecular flexibility index (Phi) is 4.27. The minimum absolute atomic E-state index is 0.0201. The molecule has 2 aromatic rings. The van der Waals surface area contributed by atoms with Gasteiger partial charge in [0.25, 0.3) is 5.69 Å². The highest BCUT2D eigenvalue weighted by Gasteiger charge is 2.17. The summed E-state index contributed by atoms with van der Waals surface area (Å²) in [7, 11) is 0. The molecule has 1 aliphatic heterocycles. The molecule has 114 valence electrons. The van der Waals surface area contributed by atoms with Gasteiger partial charge in [-0.05, 0) is 23.3 Å². The van der Waals surface area contributed by atoms with Crippen molar-refractivity contribution in [1.29, 1.82) is 0 Å². The summed E-state index contributed by atoms with van der Waals surface area (Å²) in [5, 5.41) is 14.6. The molecule has 22 heavy (non-hydrogen) atoms. The van der Waals surface area contributed by atoms with Crippen LogP contribution in [0, 0.1) is 10.1 Å². The van der Waals surface area contributed by atoms with Crippen molar-refractivity contribution < 1.29 is 4.92 Å². The van der Waals surface area contributed by atoms with E-state index < -0.39 is 4.92 Å². The molecule has 0 aromatic heterocycles. The molecule has 1 heterocycles. The van der Waals surface area contributed by atoms with E-state index in [-0.39, 0.29) is 5.69 Å². The Hall–Kier alpha value is -2.11. The Labute approximate surface area is 133 Å². The predicted octanol–water partition coefficient (Wildman–Crippen LogP) is 3.36. The number of hydrogen-bond acceptors (Lipinski definition) is 4. The number of hydrogen-bond donors (Lipinski definition) is 1. The molecule has 2 aromatic carbocycles. The van der Waals surface area contributed by atoms with Gasteiger partial charge in [-0.25, -0.2) is 0 Å². The molecule has 6 heteroatoms. The lowest BCUT2D eigenvalue weighted by atomic mass is 10.1. The summed E-state index contributed by atoms with van der Waals surface area (Å²) >= 11 is 6.21. The van der Waals surface area contributed by atoms with Crippen molar-refractivity contribution in [2.24, 2.45) is 0 Å². The highest BCUT2D eigenvalue weighted by Crippen LogP contribution is 2.28. The molecular formula is C16H16ClN3O2. The molecule has 1 aliphatic rings. The van der Waals surface area contributed by atoms with Crippen LogP contribution in [0.25, 0.3) is 0 Å². The number of halogens is 1. The second-order valence-corrected chi connectivity index (χ2v) is 5.67. The fourth-order valence-electron chi connectivity index (χ4n) is 2.67. The zero-order valence-corrected chi connectivity index (χ0v) is 12.7. The summed E-state index contributed by atoms with van der Waals surface area (Å²) < 4.78 is 0. The van der Waals surface area contributed by atoms with E-state index in [2.05, 4.69) is 22.3 Å². The number of para-hydroxylation sites is 1. The third-order valence-electron chi connectivity index (χ3n) is 3.81. The Morgan fingerprint density at radius 1 is 1.27 bits per heavy atom. The van der Waals surface area contributed by atoms with Gasteiger partial charge in [-0.2, -0.15) is 0 Å². The second kappa shape index (κ2) is 6.34. The molecule has 0 bridgehead atoms. The predicted molar refractivity (Wildman–Crippen MR) is 87.3 cm³/mol. The SMILES string of the molecule is O=[N+]([O-])c1ccc(CN2CCNCc3ccccc32)c(Cl)c1. The van der Waals surface area contributed by atoms with Gasteiger partial charge in [0.15, 0.2) is 0 Å². The van der Waals surface area contributed by atoms with Gasteiger partial charge in [0.05, 0.1) is 9.95 Å². The van der Waals surface area contributed by atoms with Crippen LogP contribution in [0.4, 0.5) is 11.4 Å². The molecule has 3 rings (SSSR count). The van der Waals surface area contributed by atoms with E-state index in [1.165, 1.54) is 23.4 Å². The van der Waals surface area contributed by atoms with Gasteiger partial charge in [0.2, 0.25) is 0 Å². The van der Waals surface area contributed by atoms with Crippen LogP contribution in [-0.2, 0) is 13.1 Å². The van der Waals surface area contributed by atoms with Crippen LogP contribution in [0.1, 0.15) is 11.1 Å². The highest BCUT2D eigenvalue weighted by molar-refractivity contribution is 6.31. The average Bonchev–Trinajstić information content (AvgIpc) is 2.72. The smallest absolute Gasteiger partial charge is 0.270 e. The van der Waals surface area contributed by atoms with Crippen molar-refractivity contribution in [3.8, 4) is 0 Å². The molecule has 0 aliphatic carbocycles. The van der Waals surface area contributed by atoms with E-state index >= 15 is 0 Å². The Morgan fingerprint density at radius 3 is 2.86 bits per heavy atom. The Morgan fingerprint density at radius 2 is 2.09 bits per heavy atom. The Bertz CT molecular complexity index is 706. The molecular weight excluding hydrogens is 302 g/mol. The van der Waals surface area contributed by atoms with Crippen LogP contribution in [0.5, 0.6) is 0 Å². The van der Waals surface area contributed by atoms with Gasteiger partial charge in [-0.15, -0.1) is 0 Å². The fraction of sp³-hybridized carbons (Fsp3) is 0.250. The van der Waals surface area contributed by atoms with Crippen LogP contribution in [0.3, 0.4) is 0 Å². The third-order valence-corrected chi connectivity index (χ3v) is 4.17. The average molecular weight is 318 g/mol. The zero-order chi connectivity index (χ0) is 15.5. The minimum Gasteiger partial charge on any atom is -0.366 e. The van der Waals surface area contributed by atoms with Crippen LogP contribution in [0.2, 0.25) is 5.02 Å². The summed E-state index contributed by atoms with van der Waals surface area (Å²) in [6.45, 7) is 3.24. The molecule has 0 atom stereocenters. The largest absolute Gasteiger partial charge is 0.366 e. The van der Waals surface area contributed by atoms with Crippen molar-refractivity contribution in [1.82, 2.24) is 5.32 Å². The maximum Gasteiger partial charge on any atom is 0.270 e. The molecule has 0 saturated carbocycles. The number of benzene rings is 2. The Balaban J connectivity index is 1.88.